The molecule has 1 amide bonds. The number of methoxy groups -OCH3 is 1. The standard InChI is InChI=1S/C25H43N5O2/c1-19-17-29(12-10-20-6-8-21(9-7-20)26-18-31)13-14-30(19)23-16-22(11-15-32-5)27-24(28-23)25(2,3)4/h16,18-21H,6-15,17H2,1-5H3,(H,26,31)/t19-,20-,21-/m1/s1. The van der Waals surface area contributed by atoms with Crippen LogP contribution in [-0.4, -0.2) is 73.3 Å². The Morgan fingerprint density at radius 1 is 1.19 bits per heavy atom. The van der Waals surface area contributed by atoms with E-state index in [0.717, 1.165) is 68.6 Å². The second-order valence-corrected chi connectivity index (χ2v) is 10.7. The molecule has 7 nitrogen and oxygen atoms in total. The van der Waals surface area contributed by atoms with Crippen LogP contribution in [0, 0.1) is 5.92 Å². The summed E-state index contributed by atoms with van der Waals surface area (Å²) in [6.45, 7) is 13.8. The number of carbonyl (C=O) groups is 1. The van der Waals surface area contributed by atoms with Crippen molar-refractivity contribution < 1.29 is 9.53 Å². The molecule has 0 spiro atoms. The van der Waals surface area contributed by atoms with E-state index in [1.54, 1.807) is 7.11 Å². The van der Waals surface area contributed by atoms with E-state index < -0.39 is 0 Å². The van der Waals surface area contributed by atoms with E-state index in [-0.39, 0.29) is 5.41 Å². The largest absolute Gasteiger partial charge is 0.384 e. The third kappa shape index (κ3) is 6.88. The van der Waals surface area contributed by atoms with E-state index in [2.05, 4.69) is 48.9 Å². The lowest BCUT2D eigenvalue weighted by molar-refractivity contribution is -0.110. The lowest BCUT2D eigenvalue weighted by Crippen LogP contribution is -2.52. The van der Waals surface area contributed by atoms with E-state index in [9.17, 15) is 4.79 Å². The minimum Gasteiger partial charge on any atom is -0.384 e. The lowest BCUT2D eigenvalue weighted by atomic mass is 9.84. The molecule has 0 bridgehead atoms. The minimum absolute atomic E-state index is 0.0802. The first-order chi connectivity index (χ1) is 15.3. The Kier molecular flexibility index (Phi) is 8.88. The van der Waals surface area contributed by atoms with Crippen molar-refractivity contribution in [1.29, 1.82) is 0 Å². The zero-order valence-electron chi connectivity index (χ0n) is 20.8. The van der Waals surface area contributed by atoms with Gasteiger partial charge in [0, 0.05) is 62.4 Å². The van der Waals surface area contributed by atoms with Gasteiger partial charge in [0.15, 0.2) is 0 Å². The zero-order valence-corrected chi connectivity index (χ0v) is 20.8. The van der Waals surface area contributed by atoms with Gasteiger partial charge in [-0.3, -0.25) is 9.69 Å². The maximum atomic E-state index is 10.6. The van der Waals surface area contributed by atoms with Crippen molar-refractivity contribution in [2.75, 3.05) is 44.8 Å². The Balaban J connectivity index is 1.56. The fraction of sp³-hybridized carbons (Fsp3) is 0.800. The third-order valence-electron chi connectivity index (χ3n) is 7.01. The van der Waals surface area contributed by atoms with Gasteiger partial charge in [-0.05, 0) is 51.5 Å². The summed E-state index contributed by atoms with van der Waals surface area (Å²) in [5, 5.41) is 2.95. The number of aromatic nitrogens is 2. The summed E-state index contributed by atoms with van der Waals surface area (Å²) < 4.78 is 5.29. The van der Waals surface area contributed by atoms with E-state index in [1.165, 1.54) is 25.8 Å². The van der Waals surface area contributed by atoms with Crippen LogP contribution in [0.15, 0.2) is 6.07 Å². The number of hydrogen-bond donors (Lipinski definition) is 1. The fourth-order valence-electron chi connectivity index (χ4n) is 4.96. The van der Waals surface area contributed by atoms with Crippen molar-refractivity contribution in [3.05, 3.63) is 17.6 Å². The Morgan fingerprint density at radius 2 is 1.94 bits per heavy atom. The number of ether oxygens (including phenoxy) is 1. The van der Waals surface area contributed by atoms with Crippen LogP contribution in [-0.2, 0) is 21.4 Å². The van der Waals surface area contributed by atoms with Crippen LogP contribution in [0.25, 0.3) is 0 Å². The van der Waals surface area contributed by atoms with Gasteiger partial charge in [-0.15, -0.1) is 0 Å². The minimum atomic E-state index is -0.0802. The van der Waals surface area contributed by atoms with Gasteiger partial charge >= 0.3 is 0 Å². The quantitative estimate of drug-likeness (QED) is 0.589. The highest BCUT2D eigenvalue weighted by atomic mass is 16.5. The molecule has 1 N–H and O–H groups in total. The van der Waals surface area contributed by atoms with Gasteiger partial charge in [0.05, 0.1) is 6.61 Å². The van der Waals surface area contributed by atoms with Crippen LogP contribution >= 0.6 is 0 Å². The zero-order chi connectivity index (χ0) is 23.1. The first-order valence-corrected chi connectivity index (χ1v) is 12.4. The number of nitrogens with one attached hydrogen (secondary N) is 1. The first-order valence-electron chi connectivity index (χ1n) is 12.4. The molecular weight excluding hydrogens is 402 g/mol. The molecule has 2 heterocycles. The summed E-state index contributed by atoms with van der Waals surface area (Å²) in [5.74, 6) is 2.77. The molecule has 1 saturated heterocycles. The molecule has 0 radical (unpaired) electrons. The van der Waals surface area contributed by atoms with Crippen molar-refractivity contribution in [2.24, 2.45) is 5.92 Å². The van der Waals surface area contributed by atoms with E-state index >= 15 is 0 Å². The van der Waals surface area contributed by atoms with Crippen molar-refractivity contribution in [1.82, 2.24) is 20.2 Å². The van der Waals surface area contributed by atoms with Crippen molar-refractivity contribution >= 4 is 12.2 Å². The number of amides is 1. The normalized spacial score (nSPS) is 25.0. The second-order valence-electron chi connectivity index (χ2n) is 10.7. The van der Waals surface area contributed by atoms with E-state index in [0.29, 0.717) is 18.7 Å². The molecule has 3 rings (SSSR count). The number of rotatable bonds is 9. The molecule has 1 aromatic rings. The summed E-state index contributed by atoms with van der Waals surface area (Å²) in [5.41, 5.74) is 0.986. The maximum Gasteiger partial charge on any atom is 0.207 e. The SMILES string of the molecule is COCCc1cc(N2CCN(CC[C@H]3CC[C@H](NC=O)CC3)C[C@H]2C)nc(C(C)(C)C)n1. The van der Waals surface area contributed by atoms with Crippen molar-refractivity contribution in [2.45, 2.75) is 83.7 Å². The predicted octanol–water partition coefficient (Wildman–Crippen LogP) is 3.17. The molecule has 1 aliphatic heterocycles. The highest BCUT2D eigenvalue weighted by molar-refractivity contribution is 5.46. The Labute approximate surface area is 194 Å². The lowest BCUT2D eigenvalue weighted by Gasteiger charge is -2.41. The van der Waals surface area contributed by atoms with Gasteiger partial charge in [0.25, 0.3) is 0 Å². The molecular formula is C25H43N5O2. The highest BCUT2D eigenvalue weighted by Crippen LogP contribution is 2.28. The van der Waals surface area contributed by atoms with E-state index in [4.69, 9.17) is 14.7 Å². The average molecular weight is 446 g/mol. The van der Waals surface area contributed by atoms with Crippen LogP contribution in [0.2, 0.25) is 0 Å². The van der Waals surface area contributed by atoms with Crippen LogP contribution < -0.4 is 10.2 Å². The molecule has 1 saturated carbocycles. The number of piperazine rings is 1. The predicted molar refractivity (Wildman–Crippen MR) is 129 cm³/mol. The first kappa shape index (κ1) is 24.9. The van der Waals surface area contributed by atoms with Gasteiger partial charge in [0.1, 0.15) is 11.6 Å². The van der Waals surface area contributed by atoms with Gasteiger partial charge < -0.3 is 15.0 Å². The smallest absolute Gasteiger partial charge is 0.207 e. The summed E-state index contributed by atoms with van der Waals surface area (Å²) in [4.78, 5) is 25.5. The van der Waals surface area contributed by atoms with E-state index in [1.807, 2.05) is 0 Å². The highest BCUT2D eigenvalue weighted by Gasteiger charge is 2.28. The van der Waals surface area contributed by atoms with Crippen LogP contribution in [0.5, 0.6) is 0 Å². The Bertz CT molecular complexity index is 728. The molecule has 1 aliphatic carbocycles. The van der Waals surface area contributed by atoms with Gasteiger partial charge in [-0.2, -0.15) is 0 Å². The van der Waals surface area contributed by atoms with Crippen molar-refractivity contribution in [3.8, 4) is 0 Å². The summed E-state index contributed by atoms with van der Waals surface area (Å²) in [7, 11) is 1.74. The molecule has 1 aromatic heterocycles. The summed E-state index contributed by atoms with van der Waals surface area (Å²) in [6.07, 6.45) is 7.67. The van der Waals surface area contributed by atoms with Crippen LogP contribution in [0.1, 0.15) is 71.3 Å². The molecule has 32 heavy (non-hydrogen) atoms. The van der Waals surface area contributed by atoms with Gasteiger partial charge in [-0.25, -0.2) is 9.97 Å². The van der Waals surface area contributed by atoms with Crippen LogP contribution in [0.4, 0.5) is 5.82 Å². The van der Waals surface area contributed by atoms with Crippen molar-refractivity contribution in [3.63, 3.8) is 0 Å². The second kappa shape index (κ2) is 11.4. The molecule has 0 aromatic carbocycles. The monoisotopic (exact) mass is 445 g/mol. The Morgan fingerprint density at radius 3 is 2.56 bits per heavy atom. The third-order valence-corrected chi connectivity index (χ3v) is 7.01. The molecule has 1 atom stereocenters. The number of anilines is 1. The average Bonchev–Trinajstić information content (AvgIpc) is 2.76. The summed E-state index contributed by atoms with van der Waals surface area (Å²) >= 11 is 0. The Hall–Kier alpha value is -1.73. The molecule has 7 heteroatoms. The maximum absolute atomic E-state index is 10.6. The molecule has 2 aliphatic rings. The summed E-state index contributed by atoms with van der Waals surface area (Å²) in [6, 6.07) is 2.98. The molecule has 2 fully saturated rings. The number of nitrogens with zero attached hydrogens (tertiary/aromatic N) is 4. The fourth-order valence-corrected chi connectivity index (χ4v) is 4.96. The topological polar surface area (TPSA) is 70.6 Å². The molecule has 0 unspecified atom stereocenters. The number of carbonyl (C=O) groups excluding carboxylic acids is 1. The molecule has 180 valence electrons. The van der Waals surface area contributed by atoms with Gasteiger partial charge in [0.2, 0.25) is 6.41 Å². The van der Waals surface area contributed by atoms with Gasteiger partial charge in [-0.1, -0.05) is 20.8 Å². The number of hydrogen-bond acceptors (Lipinski definition) is 6. The van der Waals surface area contributed by atoms with Crippen LogP contribution in [0.3, 0.4) is 0 Å².